The number of rotatable bonds is 7. The Balaban J connectivity index is 2.29. The fraction of sp³-hybridized carbons (Fsp3) is 0.391. The molecule has 1 N–H and O–H groups in total. The molecule has 0 saturated carbocycles. The first kappa shape index (κ1) is 22.2. The predicted molar refractivity (Wildman–Crippen MR) is 117 cm³/mol. The van der Waals surface area contributed by atoms with E-state index in [1.54, 1.807) is 11.8 Å². The smallest absolute Gasteiger partial charge is 0.242 e. The van der Waals surface area contributed by atoms with Crippen LogP contribution in [0.25, 0.3) is 0 Å². The SMILES string of the molecule is Cc1ccc(C)c(CC(=O)N(Cc2cccc(Br)c2)[C@@H](C)C(=O)NC(C)C)c1. The summed E-state index contributed by atoms with van der Waals surface area (Å²) in [5, 5.41) is 2.92. The molecule has 0 radical (unpaired) electrons. The lowest BCUT2D eigenvalue weighted by Gasteiger charge is -2.29. The molecule has 0 aliphatic carbocycles. The molecular formula is C23H29BrN2O2. The third-order valence-corrected chi connectivity index (χ3v) is 5.18. The van der Waals surface area contributed by atoms with Gasteiger partial charge in [0.2, 0.25) is 11.8 Å². The van der Waals surface area contributed by atoms with Crippen molar-refractivity contribution in [1.82, 2.24) is 10.2 Å². The molecule has 4 nitrogen and oxygen atoms in total. The summed E-state index contributed by atoms with van der Waals surface area (Å²) in [6, 6.07) is 13.4. The topological polar surface area (TPSA) is 49.4 Å². The van der Waals surface area contributed by atoms with Gasteiger partial charge < -0.3 is 10.2 Å². The molecule has 0 aliphatic rings. The average Bonchev–Trinajstić information content (AvgIpc) is 2.61. The minimum atomic E-state index is -0.556. The molecule has 28 heavy (non-hydrogen) atoms. The van der Waals surface area contributed by atoms with Crippen molar-refractivity contribution in [1.29, 1.82) is 0 Å². The van der Waals surface area contributed by atoms with Crippen molar-refractivity contribution in [2.24, 2.45) is 0 Å². The van der Waals surface area contributed by atoms with Gasteiger partial charge in [-0.1, -0.05) is 51.8 Å². The number of nitrogens with one attached hydrogen (secondary N) is 1. The zero-order chi connectivity index (χ0) is 20.8. The summed E-state index contributed by atoms with van der Waals surface area (Å²) < 4.78 is 0.950. The average molecular weight is 445 g/mol. The van der Waals surface area contributed by atoms with Crippen molar-refractivity contribution in [3.63, 3.8) is 0 Å². The summed E-state index contributed by atoms with van der Waals surface area (Å²) in [7, 11) is 0. The van der Waals surface area contributed by atoms with Crippen molar-refractivity contribution in [2.75, 3.05) is 0 Å². The van der Waals surface area contributed by atoms with Crippen LogP contribution in [0.15, 0.2) is 46.9 Å². The minimum Gasteiger partial charge on any atom is -0.352 e. The van der Waals surface area contributed by atoms with Crippen LogP contribution in [0.3, 0.4) is 0 Å². The summed E-state index contributed by atoms with van der Waals surface area (Å²) >= 11 is 3.48. The number of aryl methyl sites for hydroxylation is 2. The summed E-state index contributed by atoms with van der Waals surface area (Å²) in [5.41, 5.74) is 4.19. The maximum Gasteiger partial charge on any atom is 0.242 e. The lowest BCUT2D eigenvalue weighted by Crippen LogP contribution is -2.49. The van der Waals surface area contributed by atoms with Crippen LogP contribution in [-0.4, -0.2) is 28.8 Å². The van der Waals surface area contributed by atoms with Gasteiger partial charge in [0.25, 0.3) is 0 Å². The molecule has 150 valence electrons. The predicted octanol–water partition coefficient (Wildman–Crippen LogP) is 4.55. The highest BCUT2D eigenvalue weighted by Gasteiger charge is 2.26. The molecule has 5 heteroatoms. The number of amides is 2. The van der Waals surface area contributed by atoms with E-state index in [1.807, 2.05) is 70.2 Å². The Labute approximate surface area is 176 Å². The van der Waals surface area contributed by atoms with E-state index in [0.717, 1.165) is 26.7 Å². The van der Waals surface area contributed by atoms with E-state index < -0.39 is 6.04 Å². The molecule has 0 bridgehead atoms. The first-order valence-electron chi connectivity index (χ1n) is 9.57. The molecule has 0 spiro atoms. The summed E-state index contributed by atoms with van der Waals surface area (Å²) in [6.45, 7) is 10.0. The van der Waals surface area contributed by atoms with E-state index in [1.165, 1.54) is 0 Å². The summed E-state index contributed by atoms with van der Waals surface area (Å²) in [5.74, 6) is -0.195. The van der Waals surface area contributed by atoms with Gasteiger partial charge in [0.1, 0.15) is 6.04 Å². The Morgan fingerprint density at radius 3 is 2.43 bits per heavy atom. The molecule has 2 rings (SSSR count). The number of carbonyl (C=O) groups excluding carboxylic acids is 2. The Morgan fingerprint density at radius 2 is 1.79 bits per heavy atom. The van der Waals surface area contributed by atoms with Crippen LogP contribution in [0.1, 0.15) is 43.0 Å². The maximum absolute atomic E-state index is 13.2. The normalized spacial score (nSPS) is 12.0. The van der Waals surface area contributed by atoms with Gasteiger partial charge in [0, 0.05) is 17.1 Å². The Hall–Kier alpha value is -2.14. The second kappa shape index (κ2) is 9.87. The van der Waals surface area contributed by atoms with Gasteiger partial charge in [0.05, 0.1) is 6.42 Å². The van der Waals surface area contributed by atoms with Gasteiger partial charge in [-0.3, -0.25) is 9.59 Å². The molecule has 1 atom stereocenters. The minimum absolute atomic E-state index is 0.0248. The molecule has 0 heterocycles. The van der Waals surface area contributed by atoms with Gasteiger partial charge in [-0.25, -0.2) is 0 Å². The van der Waals surface area contributed by atoms with Crippen molar-refractivity contribution in [3.8, 4) is 0 Å². The summed E-state index contributed by atoms with van der Waals surface area (Å²) in [6.07, 6.45) is 0.279. The van der Waals surface area contributed by atoms with E-state index in [0.29, 0.717) is 6.54 Å². The molecule has 0 fully saturated rings. The molecule has 0 unspecified atom stereocenters. The molecule has 2 aromatic carbocycles. The van der Waals surface area contributed by atoms with Crippen molar-refractivity contribution < 1.29 is 9.59 Å². The Bertz CT molecular complexity index is 848. The van der Waals surface area contributed by atoms with Crippen LogP contribution in [0.5, 0.6) is 0 Å². The molecular weight excluding hydrogens is 416 g/mol. The number of nitrogens with zero attached hydrogens (tertiary/aromatic N) is 1. The van der Waals surface area contributed by atoms with Crippen molar-refractivity contribution in [3.05, 3.63) is 69.2 Å². The Morgan fingerprint density at radius 1 is 1.07 bits per heavy atom. The molecule has 0 aliphatic heterocycles. The highest BCUT2D eigenvalue weighted by molar-refractivity contribution is 9.10. The third-order valence-electron chi connectivity index (χ3n) is 4.69. The van der Waals surface area contributed by atoms with Crippen LogP contribution >= 0.6 is 15.9 Å². The van der Waals surface area contributed by atoms with Crippen molar-refractivity contribution in [2.45, 2.75) is 59.7 Å². The molecule has 0 aromatic heterocycles. The maximum atomic E-state index is 13.2. The van der Waals surface area contributed by atoms with E-state index in [4.69, 9.17) is 0 Å². The Kier molecular flexibility index (Phi) is 7.81. The van der Waals surface area contributed by atoms with E-state index >= 15 is 0 Å². The van der Waals surface area contributed by atoms with Crippen molar-refractivity contribution >= 4 is 27.7 Å². The van der Waals surface area contributed by atoms with E-state index in [-0.39, 0.29) is 24.3 Å². The lowest BCUT2D eigenvalue weighted by molar-refractivity contribution is -0.140. The fourth-order valence-electron chi connectivity index (χ4n) is 3.07. The van der Waals surface area contributed by atoms with Crippen LogP contribution in [-0.2, 0) is 22.6 Å². The second-order valence-corrected chi connectivity index (χ2v) is 8.51. The van der Waals surface area contributed by atoms with Gasteiger partial charge in [-0.2, -0.15) is 0 Å². The van der Waals surface area contributed by atoms with Gasteiger partial charge in [-0.05, 0) is 63.4 Å². The highest BCUT2D eigenvalue weighted by atomic mass is 79.9. The van der Waals surface area contributed by atoms with Gasteiger partial charge >= 0.3 is 0 Å². The van der Waals surface area contributed by atoms with Gasteiger partial charge in [-0.15, -0.1) is 0 Å². The quantitative estimate of drug-likeness (QED) is 0.680. The zero-order valence-corrected chi connectivity index (χ0v) is 18.8. The number of carbonyl (C=O) groups is 2. The van der Waals surface area contributed by atoms with Crippen LogP contribution < -0.4 is 5.32 Å². The molecule has 2 amide bonds. The number of hydrogen-bond donors (Lipinski definition) is 1. The number of hydrogen-bond acceptors (Lipinski definition) is 2. The first-order valence-corrected chi connectivity index (χ1v) is 10.4. The standard InChI is InChI=1S/C23H29BrN2O2/c1-15(2)25-23(28)18(5)26(14-19-7-6-8-21(24)12-19)22(27)13-20-11-16(3)9-10-17(20)4/h6-12,15,18H,13-14H2,1-5H3,(H,25,28)/t18-/m0/s1. The monoisotopic (exact) mass is 444 g/mol. The van der Waals surface area contributed by atoms with E-state index in [9.17, 15) is 9.59 Å². The summed E-state index contributed by atoms with van der Waals surface area (Å²) in [4.78, 5) is 27.5. The number of benzene rings is 2. The second-order valence-electron chi connectivity index (χ2n) is 7.60. The molecule has 0 saturated heterocycles. The van der Waals surface area contributed by atoms with E-state index in [2.05, 4.69) is 21.2 Å². The number of halogens is 1. The first-order chi connectivity index (χ1) is 13.2. The highest BCUT2D eigenvalue weighted by Crippen LogP contribution is 2.18. The lowest BCUT2D eigenvalue weighted by atomic mass is 10.0. The largest absolute Gasteiger partial charge is 0.352 e. The van der Waals surface area contributed by atoms with Crippen LogP contribution in [0.2, 0.25) is 0 Å². The third kappa shape index (κ3) is 6.20. The zero-order valence-electron chi connectivity index (χ0n) is 17.3. The van der Waals surface area contributed by atoms with Crippen LogP contribution in [0.4, 0.5) is 0 Å². The van der Waals surface area contributed by atoms with Gasteiger partial charge in [0.15, 0.2) is 0 Å². The van der Waals surface area contributed by atoms with Crippen LogP contribution in [0, 0.1) is 13.8 Å². The molecule has 2 aromatic rings. The fourth-order valence-corrected chi connectivity index (χ4v) is 3.52.